The molecule has 0 spiro atoms. The van der Waals surface area contributed by atoms with Gasteiger partial charge in [0.2, 0.25) is 0 Å². The second-order valence-electron chi connectivity index (χ2n) is 6.87. The van der Waals surface area contributed by atoms with E-state index in [9.17, 15) is 4.39 Å². The summed E-state index contributed by atoms with van der Waals surface area (Å²) in [6, 6.07) is 12.8. The van der Waals surface area contributed by atoms with Gasteiger partial charge in [0.25, 0.3) is 0 Å². The van der Waals surface area contributed by atoms with Crippen LogP contribution in [0.15, 0.2) is 54.9 Å². The molecule has 0 bridgehead atoms. The van der Waals surface area contributed by atoms with Crippen LogP contribution in [0.1, 0.15) is 25.0 Å². The maximum atomic E-state index is 14.2. The third-order valence-electron chi connectivity index (χ3n) is 5.19. The van der Waals surface area contributed by atoms with Crippen LogP contribution in [0, 0.1) is 5.82 Å². The van der Waals surface area contributed by atoms with Crippen molar-refractivity contribution in [3.05, 3.63) is 66.4 Å². The molecule has 0 atom stereocenters. The van der Waals surface area contributed by atoms with Crippen molar-refractivity contribution in [3.8, 4) is 11.3 Å². The van der Waals surface area contributed by atoms with Gasteiger partial charge in [-0.25, -0.2) is 4.39 Å². The molecule has 1 fully saturated rings. The summed E-state index contributed by atoms with van der Waals surface area (Å²) in [5.41, 5.74) is 2.63. The molecule has 6 nitrogen and oxygen atoms in total. The monoisotopic (exact) mass is 360 g/mol. The number of nitrogens with zero attached hydrogens (tertiary/aromatic N) is 4. The van der Waals surface area contributed by atoms with Gasteiger partial charge in [-0.2, -0.15) is 5.10 Å². The standard InChI is InChI=1S/C20H17FN6/c21-15-3-1-10-22-19(15)20(8-2-9-20)24-18-7-6-16(26-27-18)13-4-5-14-12-23-25-17(14)11-13/h1,3-7,10-12H,2,8-9H2,(H,23,25)(H,24,27). The lowest BCUT2D eigenvalue weighted by Gasteiger charge is -2.42. The first kappa shape index (κ1) is 15.9. The predicted octanol–water partition coefficient (Wildman–Crippen LogP) is 4.05. The van der Waals surface area contributed by atoms with Crippen LogP contribution < -0.4 is 5.32 Å². The largest absolute Gasteiger partial charge is 0.357 e. The molecule has 0 aliphatic heterocycles. The summed E-state index contributed by atoms with van der Waals surface area (Å²) in [4.78, 5) is 4.26. The second-order valence-corrected chi connectivity index (χ2v) is 6.87. The molecule has 3 heterocycles. The Kier molecular flexibility index (Phi) is 3.60. The van der Waals surface area contributed by atoms with Crippen molar-refractivity contribution in [3.63, 3.8) is 0 Å². The van der Waals surface area contributed by atoms with Crippen molar-refractivity contribution in [2.75, 3.05) is 5.32 Å². The topological polar surface area (TPSA) is 79.4 Å². The third kappa shape index (κ3) is 2.71. The average molecular weight is 360 g/mol. The number of anilines is 1. The zero-order chi connectivity index (χ0) is 18.3. The number of H-pyrrole nitrogens is 1. The molecule has 0 amide bonds. The van der Waals surface area contributed by atoms with E-state index in [1.54, 1.807) is 18.5 Å². The molecule has 7 heteroatoms. The molecule has 0 radical (unpaired) electrons. The van der Waals surface area contributed by atoms with E-state index in [4.69, 9.17) is 0 Å². The van der Waals surface area contributed by atoms with E-state index in [0.717, 1.165) is 41.4 Å². The maximum absolute atomic E-state index is 14.2. The molecule has 2 N–H and O–H groups in total. The Bertz CT molecular complexity index is 1100. The minimum absolute atomic E-state index is 0.290. The Balaban J connectivity index is 1.42. The molecule has 1 aliphatic rings. The minimum Gasteiger partial charge on any atom is -0.357 e. The number of rotatable bonds is 4. The Morgan fingerprint density at radius 3 is 2.74 bits per heavy atom. The predicted molar refractivity (Wildman–Crippen MR) is 100 cm³/mol. The van der Waals surface area contributed by atoms with Crippen LogP contribution in [-0.4, -0.2) is 25.4 Å². The van der Waals surface area contributed by atoms with Crippen LogP contribution in [0.5, 0.6) is 0 Å². The van der Waals surface area contributed by atoms with Crippen LogP contribution in [0.25, 0.3) is 22.2 Å². The van der Waals surface area contributed by atoms with Gasteiger partial charge in [-0.3, -0.25) is 10.1 Å². The molecule has 3 aromatic heterocycles. The summed E-state index contributed by atoms with van der Waals surface area (Å²) in [6.45, 7) is 0. The fourth-order valence-electron chi connectivity index (χ4n) is 3.58. The average Bonchev–Trinajstić information content (AvgIpc) is 3.14. The normalized spacial score (nSPS) is 15.4. The summed E-state index contributed by atoms with van der Waals surface area (Å²) in [6.07, 6.45) is 6.08. The van der Waals surface area contributed by atoms with Gasteiger partial charge >= 0.3 is 0 Å². The Morgan fingerprint density at radius 1 is 1.07 bits per heavy atom. The van der Waals surface area contributed by atoms with E-state index in [1.807, 2.05) is 30.3 Å². The molecular formula is C20H17FN6. The lowest BCUT2D eigenvalue weighted by molar-refractivity contribution is 0.265. The fourth-order valence-corrected chi connectivity index (χ4v) is 3.58. The zero-order valence-corrected chi connectivity index (χ0v) is 14.5. The highest BCUT2D eigenvalue weighted by Gasteiger charge is 2.42. The summed E-state index contributed by atoms with van der Waals surface area (Å²) in [5, 5.41) is 20.0. The van der Waals surface area contributed by atoms with Crippen molar-refractivity contribution in [2.24, 2.45) is 0 Å². The maximum Gasteiger partial charge on any atom is 0.149 e. The van der Waals surface area contributed by atoms with Crippen molar-refractivity contribution in [2.45, 2.75) is 24.8 Å². The number of pyridine rings is 1. The molecular weight excluding hydrogens is 343 g/mol. The van der Waals surface area contributed by atoms with E-state index in [0.29, 0.717) is 11.5 Å². The third-order valence-corrected chi connectivity index (χ3v) is 5.19. The van der Waals surface area contributed by atoms with E-state index >= 15 is 0 Å². The molecule has 1 saturated carbocycles. The van der Waals surface area contributed by atoms with Crippen molar-refractivity contribution in [1.29, 1.82) is 0 Å². The molecule has 134 valence electrons. The highest BCUT2D eigenvalue weighted by atomic mass is 19.1. The van der Waals surface area contributed by atoms with E-state index in [2.05, 4.69) is 30.7 Å². The highest BCUT2D eigenvalue weighted by Crippen LogP contribution is 2.43. The molecule has 1 aromatic carbocycles. The number of fused-ring (bicyclic) bond motifs is 1. The van der Waals surface area contributed by atoms with E-state index in [-0.39, 0.29) is 5.82 Å². The number of aromatic amines is 1. The molecule has 0 unspecified atom stereocenters. The quantitative estimate of drug-likeness (QED) is 0.574. The number of halogens is 1. The second kappa shape index (κ2) is 6.12. The number of aromatic nitrogens is 5. The van der Waals surface area contributed by atoms with Gasteiger partial charge < -0.3 is 5.32 Å². The number of benzene rings is 1. The zero-order valence-electron chi connectivity index (χ0n) is 14.5. The van der Waals surface area contributed by atoms with Crippen LogP contribution in [0.2, 0.25) is 0 Å². The van der Waals surface area contributed by atoms with Crippen LogP contribution in [0.4, 0.5) is 10.2 Å². The summed E-state index contributed by atoms with van der Waals surface area (Å²) in [5.74, 6) is 0.327. The van der Waals surface area contributed by atoms with Crippen molar-refractivity contribution >= 4 is 16.7 Å². The first-order valence-corrected chi connectivity index (χ1v) is 8.90. The first-order valence-electron chi connectivity index (χ1n) is 8.90. The lowest BCUT2D eigenvalue weighted by atomic mass is 9.74. The molecule has 1 aliphatic carbocycles. The molecule has 4 aromatic rings. The smallest absolute Gasteiger partial charge is 0.149 e. The van der Waals surface area contributed by atoms with E-state index < -0.39 is 5.54 Å². The van der Waals surface area contributed by atoms with Crippen LogP contribution in [0.3, 0.4) is 0 Å². The van der Waals surface area contributed by atoms with Gasteiger partial charge in [-0.1, -0.05) is 12.1 Å². The van der Waals surface area contributed by atoms with Crippen molar-refractivity contribution in [1.82, 2.24) is 25.4 Å². The highest BCUT2D eigenvalue weighted by molar-refractivity contribution is 5.83. The first-order chi connectivity index (χ1) is 13.2. The van der Waals surface area contributed by atoms with Crippen molar-refractivity contribution < 1.29 is 4.39 Å². The number of hydrogen-bond donors (Lipinski definition) is 2. The number of nitrogens with one attached hydrogen (secondary N) is 2. The van der Waals surface area contributed by atoms with Crippen LogP contribution >= 0.6 is 0 Å². The molecule has 0 saturated heterocycles. The van der Waals surface area contributed by atoms with E-state index in [1.165, 1.54) is 6.07 Å². The molecule has 5 rings (SSSR count). The Morgan fingerprint density at radius 2 is 2.00 bits per heavy atom. The Labute approximate surface area is 154 Å². The number of hydrogen-bond acceptors (Lipinski definition) is 5. The lowest BCUT2D eigenvalue weighted by Crippen LogP contribution is -2.43. The van der Waals surface area contributed by atoms with Gasteiger partial charge in [-0.05, 0) is 49.6 Å². The SMILES string of the molecule is Fc1cccnc1C1(Nc2ccc(-c3ccc4cn[nH]c4c3)nn2)CCC1. The summed E-state index contributed by atoms with van der Waals surface area (Å²) >= 11 is 0. The Hall–Kier alpha value is -3.35. The van der Waals surface area contributed by atoms with Gasteiger partial charge in [0, 0.05) is 17.1 Å². The van der Waals surface area contributed by atoms with Gasteiger partial charge in [0.15, 0.2) is 0 Å². The van der Waals surface area contributed by atoms with Gasteiger partial charge in [0.1, 0.15) is 17.3 Å². The molecule has 27 heavy (non-hydrogen) atoms. The minimum atomic E-state index is -0.504. The van der Waals surface area contributed by atoms with Gasteiger partial charge in [-0.15, -0.1) is 10.2 Å². The fraction of sp³-hybridized carbons (Fsp3) is 0.200. The van der Waals surface area contributed by atoms with Gasteiger partial charge in [0.05, 0.1) is 22.9 Å². The van der Waals surface area contributed by atoms with Crippen LogP contribution in [-0.2, 0) is 5.54 Å². The summed E-state index contributed by atoms with van der Waals surface area (Å²) < 4.78 is 14.2. The summed E-state index contributed by atoms with van der Waals surface area (Å²) in [7, 11) is 0.